The van der Waals surface area contributed by atoms with Crippen LogP contribution in [0.4, 0.5) is 5.82 Å². The lowest BCUT2D eigenvalue weighted by Crippen LogP contribution is -2.31. The Bertz CT molecular complexity index is 1230. The van der Waals surface area contributed by atoms with E-state index in [4.69, 9.17) is 15.7 Å². The summed E-state index contributed by atoms with van der Waals surface area (Å²) < 4.78 is 0.921. The number of aliphatic hydroxyl groups excluding tert-OH is 1. The number of anilines is 1. The van der Waals surface area contributed by atoms with Gasteiger partial charge in [-0.3, -0.25) is 4.98 Å². The molecule has 0 bridgehead atoms. The van der Waals surface area contributed by atoms with Gasteiger partial charge < -0.3 is 16.2 Å². The monoisotopic (exact) mass is 443 g/mol. The molecule has 6 nitrogen and oxygen atoms in total. The maximum absolute atomic E-state index is 9.85. The van der Waals surface area contributed by atoms with Crippen molar-refractivity contribution in [2.24, 2.45) is 5.73 Å². The van der Waals surface area contributed by atoms with Crippen molar-refractivity contribution >= 4 is 27.4 Å². The Morgan fingerprint density at radius 1 is 1.12 bits per heavy atom. The Labute approximate surface area is 191 Å². The van der Waals surface area contributed by atoms with Gasteiger partial charge in [0.1, 0.15) is 17.4 Å². The van der Waals surface area contributed by atoms with Crippen LogP contribution in [0.5, 0.6) is 0 Å². The van der Waals surface area contributed by atoms with Gasteiger partial charge in [-0.15, -0.1) is 11.3 Å². The topological polar surface area (TPSA) is 97.0 Å². The summed E-state index contributed by atoms with van der Waals surface area (Å²) in [5.41, 5.74) is 10.0. The maximum atomic E-state index is 9.85. The van der Waals surface area contributed by atoms with E-state index in [9.17, 15) is 5.11 Å². The van der Waals surface area contributed by atoms with Crippen LogP contribution in [0.25, 0.3) is 21.6 Å². The average molecular weight is 444 g/mol. The van der Waals surface area contributed by atoms with E-state index in [1.54, 1.807) is 12.4 Å². The predicted molar refractivity (Wildman–Crippen MR) is 130 cm³/mol. The van der Waals surface area contributed by atoms with E-state index in [0.29, 0.717) is 18.8 Å². The fourth-order valence-corrected chi connectivity index (χ4v) is 4.14. The summed E-state index contributed by atoms with van der Waals surface area (Å²) in [5, 5.41) is 15.2. The number of nitrogens with one attached hydrogen (secondary N) is 1. The van der Waals surface area contributed by atoms with Crippen molar-refractivity contribution in [1.82, 2.24) is 15.0 Å². The number of hydrogen-bond acceptors (Lipinski definition) is 7. The summed E-state index contributed by atoms with van der Waals surface area (Å²) in [5.74, 6) is 7.29. The van der Waals surface area contributed by atoms with E-state index in [0.717, 1.165) is 33.6 Å². The fourth-order valence-electron chi connectivity index (χ4n) is 3.24. The van der Waals surface area contributed by atoms with E-state index in [1.165, 1.54) is 16.9 Å². The minimum absolute atomic E-state index is 0.0642. The Morgan fingerprint density at radius 3 is 2.66 bits per heavy atom. The first-order chi connectivity index (χ1) is 15.6. The van der Waals surface area contributed by atoms with Crippen LogP contribution in [-0.4, -0.2) is 38.7 Å². The summed E-state index contributed by atoms with van der Waals surface area (Å²) in [6, 6.07) is 13.9. The first-order valence-electron chi connectivity index (χ1n) is 10.6. The van der Waals surface area contributed by atoms with Crippen LogP contribution in [0.3, 0.4) is 0 Å². The molecular weight excluding hydrogens is 418 g/mol. The molecule has 0 unspecified atom stereocenters. The quantitative estimate of drug-likeness (QED) is 0.375. The Kier molecular flexibility index (Phi) is 7.07. The number of fused-ring (bicyclic) bond motifs is 1. The van der Waals surface area contributed by atoms with Gasteiger partial charge in [-0.2, -0.15) is 0 Å². The summed E-state index contributed by atoms with van der Waals surface area (Å²) >= 11 is 1.53. The van der Waals surface area contributed by atoms with Gasteiger partial charge in [0, 0.05) is 35.9 Å². The molecule has 0 aliphatic heterocycles. The average Bonchev–Trinajstić information content (AvgIpc) is 3.25. The summed E-state index contributed by atoms with van der Waals surface area (Å²) in [4.78, 5) is 13.6. The van der Waals surface area contributed by atoms with Gasteiger partial charge in [0.15, 0.2) is 5.82 Å². The highest BCUT2D eigenvalue weighted by Crippen LogP contribution is 2.32. The summed E-state index contributed by atoms with van der Waals surface area (Å²) in [6.07, 6.45) is 4.14. The molecule has 4 aromatic rings. The smallest absolute Gasteiger partial charge is 0.162 e. The molecule has 0 fully saturated rings. The van der Waals surface area contributed by atoms with Crippen molar-refractivity contribution in [2.75, 3.05) is 11.9 Å². The molecule has 4 rings (SSSR count). The van der Waals surface area contributed by atoms with Crippen molar-refractivity contribution in [3.05, 3.63) is 71.4 Å². The number of hydrogen-bond donors (Lipinski definition) is 3. The van der Waals surface area contributed by atoms with E-state index < -0.39 is 6.10 Å². The molecule has 0 radical (unpaired) electrons. The van der Waals surface area contributed by atoms with Crippen molar-refractivity contribution in [3.8, 4) is 23.2 Å². The Balaban J connectivity index is 1.65. The van der Waals surface area contributed by atoms with Crippen LogP contribution >= 0.6 is 11.3 Å². The molecule has 0 aliphatic rings. The van der Waals surface area contributed by atoms with E-state index in [1.807, 2.05) is 42.6 Å². The first kappa shape index (κ1) is 21.9. The Morgan fingerprint density at radius 2 is 1.91 bits per heavy atom. The highest BCUT2D eigenvalue weighted by molar-refractivity contribution is 7.18. The summed E-state index contributed by atoms with van der Waals surface area (Å²) in [6.45, 7) is 2.47. The number of rotatable bonds is 7. The molecule has 162 valence electrons. The molecule has 32 heavy (non-hydrogen) atoms. The molecule has 0 aliphatic carbocycles. The summed E-state index contributed by atoms with van der Waals surface area (Å²) in [7, 11) is 0. The van der Waals surface area contributed by atoms with Crippen LogP contribution in [0.1, 0.15) is 24.5 Å². The normalized spacial score (nSPS) is 12.7. The number of nitrogens with two attached hydrogens (primary N) is 1. The zero-order valence-electron chi connectivity index (χ0n) is 17.8. The molecule has 0 saturated heterocycles. The standard InChI is InChI=1S/C25H25N5OS/c1-2-21(31)9-8-19-16-32-23-22(19)29-24(18-10-12-27-13-11-18)30-25(23)28-15-20(26)14-17-6-4-3-5-7-17/h3-7,10-13,16,20-21,31H,2,14-15,26H2,1H3,(H,28,29,30)/t20-,21-/m0/s1. The predicted octanol–water partition coefficient (Wildman–Crippen LogP) is 3.86. The lowest BCUT2D eigenvalue weighted by atomic mass is 10.1. The number of pyridine rings is 1. The van der Waals surface area contributed by atoms with Gasteiger partial charge in [0.25, 0.3) is 0 Å². The number of thiophene rings is 1. The molecule has 4 N–H and O–H groups in total. The molecule has 1 aromatic carbocycles. The molecule has 3 heterocycles. The van der Waals surface area contributed by atoms with Gasteiger partial charge in [-0.05, 0) is 30.5 Å². The zero-order valence-corrected chi connectivity index (χ0v) is 18.6. The van der Waals surface area contributed by atoms with Gasteiger partial charge >= 0.3 is 0 Å². The van der Waals surface area contributed by atoms with Gasteiger partial charge in [0.05, 0.1) is 10.3 Å². The Hall–Kier alpha value is -3.31. The van der Waals surface area contributed by atoms with Crippen molar-refractivity contribution in [1.29, 1.82) is 0 Å². The van der Waals surface area contributed by atoms with E-state index in [2.05, 4.69) is 34.3 Å². The highest BCUT2D eigenvalue weighted by atomic mass is 32.1. The molecule has 7 heteroatoms. The van der Waals surface area contributed by atoms with Crippen LogP contribution in [0, 0.1) is 11.8 Å². The molecule has 2 atom stereocenters. The minimum atomic E-state index is -0.653. The fraction of sp³-hybridized carbons (Fsp3) is 0.240. The third-order valence-corrected chi connectivity index (χ3v) is 5.96. The number of aromatic nitrogens is 3. The van der Waals surface area contributed by atoms with Gasteiger partial charge in [0.2, 0.25) is 0 Å². The second-order valence-corrected chi connectivity index (χ2v) is 8.36. The number of aliphatic hydroxyl groups is 1. The third kappa shape index (κ3) is 5.29. The SMILES string of the molecule is CC[C@H](O)C#Cc1csc2c(NC[C@@H](N)Cc3ccccc3)nc(-c3ccncc3)nc12. The largest absolute Gasteiger partial charge is 0.380 e. The zero-order chi connectivity index (χ0) is 22.3. The van der Waals surface area contributed by atoms with Crippen LogP contribution in [-0.2, 0) is 6.42 Å². The molecule has 0 amide bonds. The number of nitrogens with zero attached hydrogens (tertiary/aromatic N) is 3. The maximum Gasteiger partial charge on any atom is 0.162 e. The van der Waals surface area contributed by atoms with Gasteiger partial charge in [-0.1, -0.05) is 49.1 Å². The lowest BCUT2D eigenvalue weighted by Gasteiger charge is -2.14. The molecule has 0 spiro atoms. The third-order valence-electron chi connectivity index (χ3n) is 4.99. The molecular formula is C25H25N5OS. The molecule has 3 aromatic heterocycles. The van der Waals surface area contributed by atoms with Crippen molar-refractivity contribution in [2.45, 2.75) is 31.9 Å². The van der Waals surface area contributed by atoms with Crippen molar-refractivity contribution in [3.63, 3.8) is 0 Å². The first-order valence-corrected chi connectivity index (χ1v) is 11.4. The lowest BCUT2D eigenvalue weighted by molar-refractivity contribution is 0.228. The van der Waals surface area contributed by atoms with Crippen molar-refractivity contribution < 1.29 is 5.11 Å². The minimum Gasteiger partial charge on any atom is -0.380 e. The second-order valence-electron chi connectivity index (χ2n) is 7.48. The van der Waals surface area contributed by atoms with Crippen LogP contribution in [0.2, 0.25) is 0 Å². The van der Waals surface area contributed by atoms with E-state index in [-0.39, 0.29) is 6.04 Å². The highest BCUT2D eigenvalue weighted by Gasteiger charge is 2.15. The van der Waals surface area contributed by atoms with Crippen LogP contribution < -0.4 is 11.1 Å². The van der Waals surface area contributed by atoms with E-state index >= 15 is 0 Å². The number of benzene rings is 1. The van der Waals surface area contributed by atoms with Crippen LogP contribution in [0.15, 0.2) is 60.2 Å². The van der Waals surface area contributed by atoms with Gasteiger partial charge in [-0.25, -0.2) is 9.97 Å². The molecule has 0 saturated carbocycles. The second kappa shape index (κ2) is 10.3.